The number of ether oxygens (including phenoxy) is 4. The summed E-state index contributed by atoms with van der Waals surface area (Å²) >= 11 is 0. The molecule has 5 rings (SSSR count). The van der Waals surface area contributed by atoms with Crippen molar-refractivity contribution < 1.29 is 24.1 Å². The Morgan fingerprint density at radius 2 is 1.21 bits per heavy atom. The fourth-order valence-corrected chi connectivity index (χ4v) is 6.38. The minimum absolute atomic E-state index is 0.176. The molecular weight excluding hydrogens is 530 g/mol. The first kappa shape index (κ1) is 30.8. The van der Waals surface area contributed by atoms with Gasteiger partial charge in [-0.05, 0) is 37.5 Å². The molecule has 0 aliphatic heterocycles. The van der Waals surface area contributed by atoms with Gasteiger partial charge in [0.25, 0.3) is 0 Å². The second-order valence-electron chi connectivity index (χ2n) is 12.4. The SMILES string of the molecule is CC(C)(C)OC(O)CNC1C(OCc2ccccc2)C2C(OCc3ccccc3)C(N)[C@@H](OCc3ccccc3)C12N. The van der Waals surface area contributed by atoms with Crippen LogP contribution in [0.3, 0.4) is 0 Å². The van der Waals surface area contributed by atoms with Gasteiger partial charge in [-0.15, -0.1) is 0 Å². The molecule has 0 heterocycles. The molecule has 2 fully saturated rings. The molecule has 2 saturated carbocycles. The monoisotopic (exact) mass is 575 g/mol. The summed E-state index contributed by atoms with van der Waals surface area (Å²) in [5.41, 5.74) is 16.0. The largest absolute Gasteiger partial charge is 0.371 e. The van der Waals surface area contributed by atoms with E-state index < -0.39 is 35.7 Å². The molecule has 2 aliphatic carbocycles. The Morgan fingerprint density at radius 3 is 1.69 bits per heavy atom. The van der Waals surface area contributed by atoms with Crippen LogP contribution in [0.15, 0.2) is 91.0 Å². The highest BCUT2D eigenvalue weighted by Gasteiger charge is 2.74. The van der Waals surface area contributed by atoms with E-state index in [1.165, 1.54) is 0 Å². The Morgan fingerprint density at radius 1 is 0.762 bits per heavy atom. The molecule has 226 valence electrons. The van der Waals surface area contributed by atoms with Gasteiger partial charge in [-0.2, -0.15) is 0 Å². The lowest BCUT2D eigenvalue weighted by Crippen LogP contribution is -2.82. The van der Waals surface area contributed by atoms with Crippen molar-refractivity contribution in [2.45, 2.75) is 88.4 Å². The lowest BCUT2D eigenvalue weighted by molar-refractivity contribution is -0.193. The number of hydrogen-bond acceptors (Lipinski definition) is 8. The van der Waals surface area contributed by atoms with Crippen LogP contribution in [-0.2, 0) is 38.8 Å². The second kappa shape index (κ2) is 13.3. The van der Waals surface area contributed by atoms with E-state index >= 15 is 0 Å². The average molecular weight is 576 g/mol. The summed E-state index contributed by atoms with van der Waals surface area (Å²) in [6.07, 6.45) is -2.26. The highest BCUT2D eigenvalue weighted by molar-refractivity contribution is 5.32. The van der Waals surface area contributed by atoms with Crippen molar-refractivity contribution in [2.24, 2.45) is 17.4 Å². The van der Waals surface area contributed by atoms with Crippen molar-refractivity contribution >= 4 is 0 Å². The zero-order valence-corrected chi connectivity index (χ0v) is 24.8. The van der Waals surface area contributed by atoms with Crippen molar-refractivity contribution in [3.05, 3.63) is 108 Å². The third-order valence-electron chi connectivity index (χ3n) is 8.22. The maximum absolute atomic E-state index is 10.7. The van der Waals surface area contributed by atoms with Gasteiger partial charge in [0, 0.05) is 12.5 Å². The summed E-state index contributed by atoms with van der Waals surface area (Å²) in [6, 6.07) is 29.2. The fraction of sp³-hybridized carbons (Fsp3) is 0.471. The van der Waals surface area contributed by atoms with Gasteiger partial charge in [-0.3, -0.25) is 0 Å². The van der Waals surface area contributed by atoms with Gasteiger partial charge >= 0.3 is 0 Å². The molecule has 0 bridgehead atoms. The lowest BCUT2D eigenvalue weighted by Gasteiger charge is -2.58. The highest BCUT2D eigenvalue weighted by Crippen LogP contribution is 2.53. The van der Waals surface area contributed by atoms with Gasteiger partial charge in [0.2, 0.25) is 0 Å². The van der Waals surface area contributed by atoms with Gasteiger partial charge in [0.15, 0.2) is 6.29 Å². The highest BCUT2D eigenvalue weighted by atomic mass is 16.6. The number of benzene rings is 3. The lowest BCUT2D eigenvalue weighted by atomic mass is 9.61. The minimum atomic E-state index is -1.02. The van der Waals surface area contributed by atoms with Crippen LogP contribution in [0, 0.1) is 5.92 Å². The molecule has 2 aliphatic rings. The van der Waals surface area contributed by atoms with E-state index in [-0.39, 0.29) is 24.6 Å². The van der Waals surface area contributed by atoms with Gasteiger partial charge in [-0.25, -0.2) is 0 Å². The molecule has 3 aromatic carbocycles. The van der Waals surface area contributed by atoms with Gasteiger partial charge in [0.05, 0.1) is 61.4 Å². The van der Waals surface area contributed by atoms with Crippen LogP contribution in [-0.4, -0.2) is 59.5 Å². The zero-order chi connectivity index (χ0) is 29.7. The van der Waals surface area contributed by atoms with Crippen LogP contribution in [0.1, 0.15) is 37.5 Å². The van der Waals surface area contributed by atoms with Gasteiger partial charge in [0.1, 0.15) is 0 Å². The van der Waals surface area contributed by atoms with Crippen LogP contribution in [0.4, 0.5) is 0 Å². The van der Waals surface area contributed by atoms with E-state index in [9.17, 15) is 5.11 Å². The smallest absolute Gasteiger partial charge is 0.167 e. The van der Waals surface area contributed by atoms with Crippen molar-refractivity contribution in [1.82, 2.24) is 5.32 Å². The van der Waals surface area contributed by atoms with Gasteiger partial charge < -0.3 is 40.8 Å². The van der Waals surface area contributed by atoms with E-state index in [4.69, 9.17) is 30.4 Å². The van der Waals surface area contributed by atoms with E-state index in [1.54, 1.807) is 0 Å². The van der Waals surface area contributed by atoms with E-state index in [2.05, 4.69) is 5.32 Å². The van der Waals surface area contributed by atoms with Crippen molar-refractivity contribution in [2.75, 3.05) is 6.54 Å². The number of aliphatic hydroxyl groups is 1. The van der Waals surface area contributed by atoms with Crippen LogP contribution in [0.2, 0.25) is 0 Å². The Balaban J connectivity index is 1.40. The van der Waals surface area contributed by atoms with E-state index in [1.807, 2.05) is 112 Å². The Kier molecular flexibility index (Phi) is 9.77. The molecule has 8 nitrogen and oxygen atoms in total. The molecular formula is C34H45N3O5. The zero-order valence-electron chi connectivity index (χ0n) is 24.8. The summed E-state index contributed by atoms with van der Waals surface area (Å²) in [7, 11) is 0. The van der Waals surface area contributed by atoms with Crippen molar-refractivity contribution in [3.8, 4) is 0 Å². The van der Waals surface area contributed by atoms with E-state index in [0.29, 0.717) is 19.8 Å². The third-order valence-corrected chi connectivity index (χ3v) is 8.22. The maximum atomic E-state index is 10.7. The minimum Gasteiger partial charge on any atom is -0.371 e. The second-order valence-corrected chi connectivity index (χ2v) is 12.4. The summed E-state index contributed by atoms with van der Waals surface area (Å²) in [6.45, 7) is 7.08. The average Bonchev–Trinajstić information content (AvgIpc) is 3.14. The van der Waals surface area contributed by atoms with Gasteiger partial charge in [-0.1, -0.05) is 91.0 Å². The standard InChI is InChI=1S/C34H45N3O5/c1-33(2,3)42-26(38)19-37-31-30(40-21-24-15-9-5-10-16-24)27-29(39-20-23-13-7-4-8-14-23)28(35)32(34(27,31)36)41-22-25-17-11-6-12-18-25/h4-18,26-32,37-38H,19-22,35-36H2,1-3H3/t26?,27?,28?,29?,30?,31?,32-,34?/m1/s1. The quantitative estimate of drug-likeness (QED) is 0.229. The predicted molar refractivity (Wildman–Crippen MR) is 162 cm³/mol. The molecule has 0 spiro atoms. The Bertz CT molecular complexity index is 1240. The molecule has 3 aromatic rings. The molecule has 42 heavy (non-hydrogen) atoms. The number of aliphatic hydroxyl groups excluding tert-OH is 1. The van der Waals surface area contributed by atoms with Crippen LogP contribution in [0.25, 0.3) is 0 Å². The molecule has 8 heteroatoms. The summed E-state index contributed by atoms with van der Waals surface area (Å²) in [5.74, 6) is -0.237. The summed E-state index contributed by atoms with van der Waals surface area (Å²) < 4.78 is 25.4. The van der Waals surface area contributed by atoms with Crippen molar-refractivity contribution in [3.63, 3.8) is 0 Å². The van der Waals surface area contributed by atoms with Crippen LogP contribution in [0.5, 0.6) is 0 Å². The summed E-state index contributed by atoms with van der Waals surface area (Å²) in [4.78, 5) is 0. The van der Waals surface area contributed by atoms with Crippen LogP contribution >= 0.6 is 0 Å². The fourth-order valence-electron chi connectivity index (χ4n) is 6.38. The normalized spacial score (nSPS) is 29.6. The molecule has 0 saturated heterocycles. The number of fused-ring (bicyclic) bond motifs is 1. The molecule has 0 aromatic heterocycles. The Labute approximate surface area is 249 Å². The first-order valence-electron chi connectivity index (χ1n) is 14.8. The molecule has 8 atom stereocenters. The number of nitrogens with one attached hydrogen (secondary N) is 1. The van der Waals surface area contributed by atoms with E-state index in [0.717, 1.165) is 16.7 Å². The first-order valence-corrected chi connectivity index (χ1v) is 14.8. The number of hydrogen-bond donors (Lipinski definition) is 4. The predicted octanol–water partition coefficient (Wildman–Crippen LogP) is 3.50. The first-order chi connectivity index (χ1) is 20.2. The molecule has 0 radical (unpaired) electrons. The summed E-state index contributed by atoms with van der Waals surface area (Å²) in [5, 5.41) is 14.1. The topological polar surface area (TPSA) is 121 Å². The molecule has 7 unspecified atom stereocenters. The maximum Gasteiger partial charge on any atom is 0.167 e. The van der Waals surface area contributed by atoms with Crippen LogP contribution < -0.4 is 16.8 Å². The molecule has 0 amide bonds. The van der Waals surface area contributed by atoms with Crippen molar-refractivity contribution in [1.29, 1.82) is 0 Å². The third kappa shape index (κ3) is 6.93. The number of rotatable bonds is 13. The molecule has 6 N–H and O–H groups in total. The number of nitrogens with two attached hydrogens (primary N) is 2. The Hall–Kier alpha value is -2.66.